The monoisotopic (exact) mass is 281 g/mol. The van der Waals surface area contributed by atoms with Gasteiger partial charge in [0.05, 0.1) is 18.7 Å². The molecule has 0 unspecified atom stereocenters. The fourth-order valence-electron chi connectivity index (χ4n) is 2.16. The van der Waals surface area contributed by atoms with E-state index in [4.69, 9.17) is 11.6 Å². The minimum atomic E-state index is -0.297. The molecule has 1 saturated heterocycles. The van der Waals surface area contributed by atoms with Crippen molar-refractivity contribution in [1.82, 2.24) is 0 Å². The quantitative estimate of drug-likeness (QED) is 0.843. The van der Waals surface area contributed by atoms with Gasteiger partial charge in [-0.05, 0) is 18.2 Å². The second kappa shape index (κ2) is 5.72. The van der Waals surface area contributed by atoms with Gasteiger partial charge < -0.3 is 5.32 Å². The van der Waals surface area contributed by atoms with Crippen LogP contribution in [-0.4, -0.2) is 24.4 Å². The van der Waals surface area contributed by atoms with Crippen molar-refractivity contribution in [3.63, 3.8) is 0 Å². The molecule has 1 aliphatic heterocycles. The van der Waals surface area contributed by atoms with Crippen LogP contribution in [0.15, 0.2) is 24.3 Å². The number of nitrogens with zero attached hydrogens (tertiary/aromatic N) is 1. The number of imide groups is 1. The molecule has 0 spiro atoms. The molecule has 19 heavy (non-hydrogen) atoms. The lowest BCUT2D eigenvalue weighted by Gasteiger charge is -2.14. The summed E-state index contributed by atoms with van der Waals surface area (Å²) in [4.78, 5) is 25.5. The molecular formula is C14H18ClN2O2+. The Morgan fingerprint density at radius 3 is 2.79 bits per heavy atom. The van der Waals surface area contributed by atoms with E-state index in [0.717, 1.165) is 6.54 Å². The molecular weight excluding hydrogens is 264 g/mol. The van der Waals surface area contributed by atoms with Gasteiger partial charge in [-0.3, -0.25) is 9.59 Å². The van der Waals surface area contributed by atoms with Crippen molar-refractivity contribution >= 4 is 29.1 Å². The Labute approximate surface area is 117 Å². The third kappa shape index (κ3) is 3.14. The maximum atomic E-state index is 12.3. The standard InChI is InChI=1S/C14H17ClN2O2/c1-9(2)8-16-12-7-13(18)17(14(12)19)11-5-3-4-10(15)6-11/h3-6,9,12,16H,7-8H2,1-2H3/p+1/t12-/m1/s1. The Kier molecular flexibility index (Phi) is 4.22. The summed E-state index contributed by atoms with van der Waals surface area (Å²) < 4.78 is 0. The number of rotatable bonds is 4. The van der Waals surface area contributed by atoms with Crippen LogP contribution in [0.25, 0.3) is 0 Å². The predicted octanol–water partition coefficient (Wildman–Crippen LogP) is 1.19. The molecule has 2 N–H and O–H groups in total. The van der Waals surface area contributed by atoms with E-state index >= 15 is 0 Å². The van der Waals surface area contributed by atoms with E-state index in [1.165, 1.54) is 4.90 Å². The van der Waals surface area contributed by atoms with Crippen LogP contribution in [0.3, 0.4) is 0 Å². The minimum Gasteiger partial charge on any atom is -0.335 e. The number of halogens is 1. The lowest BCUT2D eigenvalue weighted by Crippen LogP contribution is -2.92. The lowest BCUT2D eigenvalue weighted by atomic mass is 10.2. The molecule has 4 nitrogen and oxygen atoms in total. The highest BCUT2D eigenvalue weighted by molar-refractivity contribution is 6.31. The molecule has 1 atom stereocenters. The van der Waals surface area contributed by atoms with E-state index in [0.29, 0.717) is 16.6 Å². The third-order valence-electron chi connectivity index (χ3n) is 3.14. The van der Waals surface area contributed by atoms with Crippen LogP contribution >= 0.6 is 11.6 Å². The summed E-state index contributed by atoms with van der Waals surface area (Å²) in [5.41, 5.74) is 0.558. The van der Waals surface area contributed by atoms with Gasteiger partial charge in [-0.15, -0.1) is 0 Å². The molecule has 0 radical (unpaired) electrons. The Hall–Kier alpha value is -1.39. The van der Waals surface area contributed by atoms with E-state index < -0.39 is 0 Å². The Morgan fingerprint density at radius 2 is 2.16 bits per heavy atom. The van der Waals surface area contributed by atoms with Gasteiger partial charge in [-0.1, -0.05) is 31.5 Å². The first-order valence-electron chi connectivity index (χ1n) is 6.44. The van der Waals surface area contributed by atoms with Crippen molar-refractivity contribution in [3.8, 4) is 0 Å². The molecule has 0 aromatic heterocycles. The van der Waals surface area contributed by atoms with E-state index in [2.05, 4.69) is 13.8 Å². The predicted molar refractivity (Wildman–Crippen MR) is 74.0 cm³/mol. The van der Waals surface area contributed by atoms with Crippen molar-refractivity contribution in [3.05, 3.63) is 29.3 Å². The number of quaternary nitrogens is 1. The maximum Gasteiger partial charge on any atom is 0.292 e. The van der Waals surface area contributed by atoms with Crippen molar-refractivity contribution in [2.45, 2.75) is 26.3 Å². The average Bonchev–Trinajstić information content (AvgIpc) is 2.62. The zero-order chi connectivity index (χ0) is 14.0. The summed E-state index contributed by atoms with van der Waals surface area (Å²) in [5.74, 6) is 0.188. The summed E-state index contributed by atoms with van der Waals surface area (Å²) >= 11 is 5.90. The topological polar surface area (TPSA) is 54.0 Å². The highest BCUT2D eigenvalue weighted by Crippen LogP contribution is 2.24. The number of carbonyl (C=O) groups excluding carboxylic acids is 2. The van der Waals surface area contributed by atoms with Crippen LogP contribution in [0.4, 0.5) is 5.69 Å². The molecule has 0 bridgehead atoms. The normalized spacial score (nSPS) is 19.6. The van der Waals surface area contributed by atoms with E-state index in [9.17, 15) is 9.59 Å². The summed E-state index contributed by atoms with van der Waals surface area (Å²) in [5, 5.41) is 2.47. The number of benzene rings is 1. The van der Waals surface area contributed by atoms with Crippen LogP contribution in [-0.2, 0) is 9.59 Å². The molecule has 0 saturated carbocycles. The van der Waals surface area contributed by atoms with Gasteiger partial charge in [0.2, 0.25) is 5.91 Å². The number of nitrogens with two attached hydrogens (primary N) is 1. The van der Waals surface area contributed by atoms with Crippen molar-refractivity contribution in [2.24, 2.45) is 5.92 Å². The Morgan fingerprint density at radius 1 is 1.42 bits per heavy atom. The van der Waals surface area contributed by atoms with Crippen LogP contribution in [0.1, 0.15) is 20.3 Å². The van der Waals surface area contributed by atoms with Crippen LogP contribution in [0, 0.1) is 5.92 Å². The van der Waals surface area contributed by atoms with E-state index in [-0.39, 0.29) is 24.3 Å². The molecule has 2 rings (SSSR count). The summed E-state index contributed by atoms with van der Waals surface area (Å²) in [6, 6.07) is 6.53. The molecule has 2 amide bonds. The average molecular weight is 282 g/mol. The number of hydrogen-bond donors (Lipinski definition) is 1. The molecule has 1 fully saturated rings. The van der Waals surface area contributed by atoms with Crippen molar-refractivity contribution in [1.29, 1.82) is 0 Å². The summed E-state index contributed by atoms with van der Waals surface area (Å²) in [7, 11) is 0. The van der Waals surface area contributed by atoms with E-state index in [1.54, 1.807) is 24.3 Å². The lowest BCUT2D eigenvalue weighted by molar-refractivity contribution is -0.679. The number of anilines is 1. The second-order valence-electron chi connectivity index (χ2n) is 5.22. The van der Waals surface area contributed by atoms with Gasteiger partial charge in [0.15, 0.2) is 6.04 Å². The Bertz CT molecular complexity index is 502. The fourth-order valence-corrected chi connectivity index (χ4v) is 2.35. The van der Waals surface area contributed by atoms with Crippen LogP contribution in [0.5, 0.6) is 0 Å². The first kappa shape index (κ1) is 14.0. The largest absolute Gasteiger partial charge is 0.335 e. The fraction of sp³-hybridized carbons (Fsp3) is 0.429. The second-order valence-corrected chi connectivity index (χ2v) is 5.66. The highest BCUT2D eigenvalue weighted by atomic mass is 35.5. The Balaban J connectivity index is 2.14. The maximum absolute atomic E-state index is 12.3. The zero-order valence-electron chi connectivity index (χ0n) is 11.1. The number of hydrogen-bond acceptors (Lipinski definition) is 2. The molecule has 5 heteroatoms. The smallest absolute Gasteiger partial charge is 0.292 e. The number of amides is 2. The first-order valence-corrected chi connectivity index (χ1v) is 6.82. The molecule has 1 aromatic carbocycles. The third-order valence-corrected chi connectivity index (χ3v) is 3.38. The molecule has 102 valence electrons. The van der Waals surface area contributed by atoms with Crippen molar-refractivity contribution < 1.29 is 14.9 Å². The van der Waals surface area contributed by atoms with Crippen molar-refractivity contribution in [2.75, 3.05) is 11.4 Å². The number of carbonyl (C=O) groups is 2. The van der Waals surface area contributed by atoms with Gasteiger partial charge in [0.1, 0.15) is 0 Å². The van der Waals surface area contributed by atoms with Gasteiger partial charge >= 0.3 is 0 Å². The molecule has 1 heterocycles. The van der Waals surface area contributed by atoms with Gasteiger partial charge in [-0.2, -0.15) is 0 Å². The minimum absolute atomic E-state index is 0.145. The first-order chi connectivity index (χ1) is 8.99. The van der Waals surface area contributed by atoms with E-state index in [1.807, 2.05) is 5.32 Å². The molecule has 0 aliphatic carbocycles. The van der Waals surface area contributed by atoms with Gasteiger partial charge in [0, 0.05) is 10.9 Å². The SMILES string of the molecule is CC(C)C[NH2+][C@@H]1CC(=O)N(c2cccc(Cl)c2)C1=O. The van der Waals surface area contributed by atoms with Crippen LogP contribution < -0.4 is 10.2 Å². The molecule has 1 aromatic rings. The summed E-state index contributed by atoms with van der Waals surface area (Å²) in [6.07, 6.45) is 0.262. The summed E-state index contributed by atoms with van der Waals surface area (Å²) in [6.45, 7) is 5.02. The zero-order valence-corrected chi connectivity index (χ0v) is 11.9. The molecule has 1 aliphatic rings. The highest BCUT2D eigenvalue weighted by Gasteiger charge is 2.42. The van der Waals surface area contributed by atoms with Crippen LogP contribution in [0.2, 0.25) is 5.02 Å². The van der Waals surface area contributed by atoms with Gasteiger partial charge in [0.25, 0.3) is 5.91 Å². The van der Waals surface area contributed by atoms with Gasteiger partial charge in [-0.25, -0.2) is 4.90 Å².